The predicted molar refractivity (Wildman–Crippen MR) is 105 cm³/mol. The average Bonchev–Trinajstić information content (AvgIpc) is 3.31. The summed E-state index contributed by atoms with van der Waals surface area (Å²) in [6, 6.07) is 4.79. The quantitative estimate of drug-likeness (QED) is 0.782. The van der Waals surface area contributed by atoms with Crippen LogP contribution in [0.25, 0.3) is 0 Å². The molecule has 28 heavy (non-hydrogen) atoms. The van der Waals surface area contributed by atoms with Crippen LogP contribution in [0.1, 0.15) is 32.1 Å². The smallest absolute Gasteiger partial charge is 0.246 e. The zero-order chi connectivity index (χ0) is 19.7. The number of rotatable bonds is 6. The highest BCUT2D eigenvalue weighted by atomic mass is 32.2. The van der Waals surface area contributed by atoms with Crippen molar-refractivity contribution in [2.24, 2.45) is 17.8 Å². The maximum Gasteiger partial charge on any atom is 0.246 e. The first-order valence-corrected chi connectivity index (χ1v) is 11.5. The molecule has 0 radical (unpaired) electrons. The molecule has 2 aliphatic carbocycles. The standard InChI is InChI=1S/C20H28N2O5S/c1-26-18-5-4-17(13-19(18)28(24,25)22-6-8-27-9-7-22)21-20(23)12-16-11-14-2-3-15(16)10-14/h4-5,13-16H,2-3,6-12H2,1H3,(H,21,23)/t14-,15-,16+/m1/s1. The van der Waals surface area contributed by atoms with Gasteiger partial charge in [-0.3, -0.25) is 4.79 Å². The summed E-state index contributed by atoms with van der Waals surface area (Å²) in [6.07, 6.45) is 5.48. The van der Waals surface area contributed by atoms with Crippen LogP contribution in [0, 0.1) is 17.8 Å². The summed E-state index contributed by atoms with van der Waals surface area (Å²) in [5, 5.41) is 2.89. The highest BCUT2D eigenvalue weighted by Gasteiger charge is 2.40. The van der Waals surface area contributed by atoms with Crippen molar-refractivity contribution < 1.29 is 22.7 Å². The highest BCUT2D eigenvalue weighted by molar-refractivity contribution is 7.89. The second-order valence-electron chi connectivity index (χ2n) is 8.07. The minimum Gasteiger partial charge on any atom is -0.495 e. The van der Waals surface area contributed by atoms with E-state index in [1.807, 2.05) is 0 Å². The van der Waals surface area contributed by atoms with Gasteiger partial charge in [0.15, 0.2) is 0 Å². The summed E-state index contributed by atoms with van der Waals surface area (Å²) in [6.45, 7) is 1.38. The fraction of sp³-hybridized carbons (Fsp3) is 0.650. The van der Waals surface area contributed by atoms with E-state index in [0.717, 1.165) is 12.3 Å². The van der Waals surface area contributed by atoms with Gasteiger partial charge >= 0.3 is 0 Å². The zero-order valence-corrected chi connectivity index (χ0v) is 17.0. The molecule has 1 aromatic rings. The first-order valence-electron chi connectivity index (χ1n) is 10.0. The molecule has 1 saturated heterocycles. The lowest BCUT2D eigenvalue weighted by molar-refractivity contribution is -0.117. The van der Waals surface area contributed by atoms with E-state index < -0.39 is 10.0 Å². The second-order valence-corrected chi connectivity index (χ2v) is 9.98. The maximum atomic E-state index is 13.0. The SMILES string of the molecule is COc1ccc(NC(=O)C[C@@H]2C[C@@H]3CC[C@@H]2C3)cc1S(=O)(=O)N1CCOCC1. The third-order valence-corrected chi connectivity index (χ3v) is 8.29. The largest absolute Gasteiger partial charge is 0.495 e. The van der Waals surface area contributed by atoms with Crippen molar-refractivity contribution in [2.45, 2.75) is 37.0 Å². The minimum atomic E-state index is -3.72. The lowest BCUT2D eigenvalue weighted by atomic mass is 9.86. The number of hydrogen-bond donors (Lipinski definition) is 1. The Morgan fingerprint density at radius 3 is 2.68 bits per heavy atom. The van der Waals surface area contributed by atoms with E-state index in [4.69, 9.17) is 9.47 Å². The molecule has 8 heteroatoms. The summed E-state index contributed by atoms with van der Waals surface area (Å²) in [7, 11) is -2.27. The van der Waals surface area contributed by atoms with Gasteiger partial charge < -0.3 is 14.8 Å². The molecule has 1 aliphatic heterocycles. The molecule has 4 rings (SSSR count). The maximum absolute atomic E-state index is 13.0. The van der Waals surface area contributed by atoms with E-state index in [0.29, 0.717) is 50.2 Å². The molecule has 154 valence electrons. The predicted octanol–water partition coefficient (Wildman–Crippen LogP) is 2.48. The van der Waals surface area contributed by atoms with Crippen LogP contribution in [0.15, 0.2) is 23.1 Å². The molecule has 1 aromatic carbocycles. The van der Waals surface area contributed by atoms with Crippen LogP contribution >= 0.6 is 0 Å². The molecule has 1 amide bonds. The highest BCUT2D eigenvalue weighted by Crippen LogP contribution is 2.49. The van der Waals surface area contributed by atoms with Gasteiger partial charge in [0.2, 0.25) is 15.9 Å². The van der Waals surface area contributed by atoms with Gasteiger partial charge in [-0.15, -0.1) is 0 Å². The minimum absolute atomic E-state index is 0.0440. The summed E-state index contributed by atoms with van der Waals surface area (Å²) in [5.74, 6) is 2.18. The van der Waals surface area contributed by atoms with E-state index >= 15 is 0 Å². The van der Waals surface area contributed by atoms with Crippen LogP contribution in [0.4, 0.5) is 5.69 Å². The van der Waals surface area contributed by atoms with E-state index in [9.17, 15) is 13.2 Å². The van der Waals surface area contributed by atoms with Gasteiger partial charge in [0, 0.05) is 25.2 Å². The molecular formula is C20H28N2O5S. The van der Waals surface area contributed by atoms with Gasteiger partial charge in [-0.05, 0) is 55.2 Å². The van der Waals surface area contributed by atoms with Gasteiger partial charge in [-0.25, -0.2) is 8.42 Å². The van der Waals surface area contributed by atoms with Crippen molar-refractivity contribution in [3.05, 3.63) is 18.2 Å². The number of amides is 1. The van der Waals surface area contributed by atoms with Crippen molar-refractivity contribution in [1.82, 2.24) is 4.31 Å². The van der Waals surface area contributed by atoms with Gasteiger partial charge in [0.1, 0.15) is 10.6 Å². The fourth-order valence-corrected chi connectivity index (χ4v) is 6.55. The second kappa shape index (κ2) is 8.00. The van der Waals surface area contributed by atoms with Crippen LogP contribution in [0.5, 0.6) is 5.75 Å². The molecule has 2 saturated carbocycles. The van der Waals surface area contributed by atoms with E-state index in [1.54, 1.807) is 12.1 Å². The topological polar surface area (TPSA) is 84.9 Å². The molecule has 3 aliphatic rings. The molecule has 3 fully saturated rings. The van der Waals surface area contributed by atoms with Crippen molar-refractivity contribution in [3.63, 3.8) is 0 Å². The Kier molecular flexibility index (Phi) is 5.62. The van der Waals surface area contributed by atoms with E-state index in [-0.39, 0.29) is 16.6 Å². The number of morpholine rings is 1. The number of nitrogens with zero attached hydrogens (tertiary/aromatic N) is 1. The Balaban J connectivity index is 1.49. The molecule has 0 aromatic heterocycles. The third kappa shape index (κ3) is 3.90. The van der Waals surface area contributed by atoms with Crippen LogP contribution < -0.4 is 10.1 Å². The van der Waals surface area contributed by atoms with E-state index in [1.165, 1.54) is 36.7 Å². The van der Waals surface area contributed by atoms with Crippen LogP contribution in [0.2, 0.25) is 0 Å². The number of methoxy groups -OCH3 is 1. The molecule has 2 bridgehead atoms. The van der Waals surface area contributed by atoms with Crippen molar-refractivity contribution in [2.75, 3.05) is 38.7 Å². The van der Waals surface area contributed by atoms with Crippen LogP contribution in [-0.2, 0) is 19.6 Å². The van der Waals surface area contributed by atoms with Crippen molar-refractivity contribution in [3.8, 4) is 5.75 Å². The summed E-state index contributed by atoms with van der Waals surface area (Å²) in [4.78, 5) is 12.6. The monoisotopic (exact) mass is 408 g/mol. The molecule has 0 spiro atoms. The van der Waals surface area contributed by atoms with E-state index in [2.05, 4.69) is 5.32 Å². The number of nitrogens with one attached hydrogen (secondary N) is 1. The lowest BCUT2D eigenvalue weighted by Crippen LogP contribution is -2.40. The normalized spacial score (nSPS) is 27.7. The number of anilines is 1. The Morgan fingerprint density at radius 1 is 1.25 bits per heavy atom. The molecule has 0 unspecified atom stereocenters. The number of fused-ring (bicyclic) bond motifs is 2. The summed E-state index contributed by atoms with van der Waals surface area (Å²) < 4.78 is 38.0. The van der Waals surface area contributed by atoms with Gasteiger partial charge in [-0.2, -0.15) is 4.31 Å². The van der Waals surface area contributed by atoms with Crippen molar-refractivity contribution in [1.29, 1.82) is 0 Å². The van der Waals surface area contributed by atoms with Crippen molar-refractivity contribution >= 4 is 21.6 Å². The Morgan fingerprint density at radius 2 is 2.04 bits per heavy atom. The Bertz CT molecular complexity index is 835. The Labute approximate surface area is 166 Å². The number of hydrogen-bond acceptors (Lipinski definition) is 5. The fourth-order valence-electron chi connectivity index (χ4n) is 4.96. The average molecular weight is 409 g/mol. The van der Waals surface area contributed by atoms with Gasteiger partial charge in [0.25, 0.3) is 0 Å². The summed E-state index contributed by atoms with van der Waals surface area (Å²) in [5.41, 5.74) is 0.487. The first-order chi connectivity index (χ1) is 13.5. The molecule has 7 nitrogen and oxygen atoms in total. The Hall–Kier alpha value is -1.64. The van der Waals surface area contributed by atoms with Gasteiger partial charge in [-0.1, -0.05) is 6.42 Å². The van der Waals surface area contributed by atoms with Crippen LogP contribution in [-0.4, -0.2) is 52.0 Å². The third-order valence-electron chi connectivity index (χ3n) is 6.37. The van der Waals surface area contributed by atoms with Gasteiger partial charge in [0.05, 0.1) is 20.3 Å². The number of carbonyl (C=O) groups is 1. The first kappa shape index (κ1) is 19.7. The summed E-state index contributed by atoms with van der Waals surface area (Å²) >= 11 is 0. The zero-order valence-electron chi connectivity index (χ0n) is 16.2. The molecule has 3 atom stereocenters. The number of ether oxygens (including phenoxy) is 2. The van der Waals surface area contributed by atoms with Crippen LogP contribution in [0.3, 0.4) is 0 Å². The molecule has 1 heterocycles. The number of carbonyl (C=O) groups excluding carboxylic acids is 1. The lowest BCUT2D eigenvalue weighted by Gasteiger charge is -2.27. The molecule has 1 N–H and O–H groups in total. The molecular weight excluding hydrogens is 380 g/mol. The number of benzene rings is 1. The number of sulfonamides is 1.